The van der Waals surface area contributed by atoms with E-state index in [9.17, 15) is 12.8 Å². The van der Waals surface area contributed by atoms with Gasteiger partial charge in [-0.25, -0.2) is 4.39 Å². The maximum atomic E-state index is 10.9. The summed E-state index contributed by atoms with van der Waals surface area (Å²) in [4.78, 5) is 0. The summed E-state index contributed by atoms with van der Waals surface area (Å²) in [5, 5.41) is 0. The third-order valence-corrected chi connectivity index (χ3v) is 1.01. The maximum absolute atomic E-state index is 10.9. The van der Waals surface area contributed by atoms with E-state index >= 15 is 0 Å². The summed E-state index contributed by atoms with van der Waals surface area (Å²) in [5.41, 5.74) is 0. The Kier molecular flexibility index (Phi) is 8.03. The van der Waals surface area contributed by atoms with E-state index in [0.717, 1.165) is 0 Å². The molecule has 0 saturated heterocycles. The molecule has 0 radical (unpaired) electrons. The molecule has 1 N–H and O–H groups in total. The molecule has 0 atom stereocenters. The fourth-order valence-electron chi connectivity index (χ4n) is 0.0975. The van der Waals surface area contributed by atoms with E-state index in [-0.39, 0.29) is 52.8 Å². The van der Waals surface area contributed by atoms with E-state index in [1.54, 1.807) is 0 Å². The standard InChI is InChI=1S/C2H5FO3S.K.H/c3-1-2-7(4,5)6;;/h1-2H2,(H,4,5,6);;/q;+1;-1. The van der Waals surface area contributed by atoms with Crippen LogP contribution in [0.4, 0.5) is 4.39 Å². The summed E-state index contributed by atoms with van der Waals surface area (Å²) in [6.07, 6.45) is 0. The van der Waals surface area contributed by atoms with Gasteiger partial charge in [0.2, 0.25) is 0 Å². The molecule has 0 rings (SSSR count). The molecule has 0 heterocycles. The summed E-state index contributed by atoms with van der Waals surface area (Å²) in [5.74, 6) is -0.799. The van der Waals surface area contributed by atoms with Crippen molar-refractivity contribution in [3.8, 4) is 0 Å². The van der Waals surface area contributed by atoms with Crippen LogP contribution in [0.3, 0.4) is 0 Å². The Balaban J connectivity index is -0.000000180. The SMILES string of the molecule is O=S(=O)(O)CCF.[H-].[K+]. The van der Waals surface area contributed by atoms with Crippen LogP contribution in [0.5, 0.6) is 0 Å². The van der Waals surface area contributed by atoms with Crippen molar-refractivity contribution >= 4 is 10.1 Å². The first kappa shape index (κ1) is 12.2. The van der Waals surface area contributed by atoms with Crippen molar-refractivity contribution < 1.29 is 70.2 Å². The largest absolute Gasteiger partial charge is 1.00 e. The minimum absolute atomic E-state index is 0. The molecule has 8 heavy (non-hydrogen) atoms. The molecular formula is C2H6FKO3S. The summed E-state index contributed by atoms with van der Waals surface area (Å²) in [7, 11) is -4.05. The number of halogens is 1. The molecule has 0 unspecified atom stereocenters. The van der Waals surface area contributed by atoms with Crippen LogP contribution in [0.25, 0.3) is 0 Å². The molecule has 0 saturated carbocycles. The zero-order valence-corrected chi connectivity index (χ0v) is 8.40. The van der Waals surface area contributed by atoms with Crippen molar-refractivity contribution in [3.63, 3.8) is 0 Å². The first-order valence-electron chi connectivity index (χ1n) is 1.57. The first-order valence-corrected chi connectivity index (χ1v) is 3.18. The molecule has 0 aliphatic heterocycles. The Morgan fingerprint density at radius 1 is 1.62 bits per heavy atom. The van der Waals surface area contributed by atoms with Crippen LogP contribution in [0.2, 0.25) is 0 Å². The number of rotatable bonds is 2. The van der Waals surface area contributed by atoms with Gasteiger partial charge in [-0.05, 0) is 0 Å². The molecular weight excluding hydrogens is 162 g/mol. The summed E-state index contributed by atoms with van der Waals surface area (Å²) < 4.78 is 37.8. The minimum Gasteiger partial charge on any atom is -1.00 e. The second-order valence-corrected chi connectivity index (χ2v) is 2.55. The average Bonchev–Trinajstić information content (AvgIpc) is 1.30. The molecule has 0 aliphatic rings. The monoisotopic (exact) mass is 168 g/mol. The third-order valence-electron chi connectivity index (χ3n) is 0.335. The van der Waals surface area contributed by atoms with Crippen molar-refractivity contribution in [1.29, 1.82) is 0 Å². The van der Waals surface area contributed by atoms with Gasteiger partial charge in [0.15, 0.2) is 0 Å². The quantitative estimate of drug-likeness (QED) is 0.352. The maximum Gasteiger partial charge on any atom is 1.00 e. The topological polar surface area (TPSA) is 54.4 Å². The van der Waals surface area contributed by atoms with Gasteiger partial charge in [0.05, 0.1) is 0 Å². The number of alkyl halides is 1. The van der Waals surface area contributed by atoms with E-state index in [1.807, 2.05) is 0 Å². The van der Waals surface area contributed by atoms with Gasteiger partial charge in [-0.1, -0.05) is 0 Å². The zero-order valence-electron chi connectivity index (χ0n) is 5.46. The molecule has 0 aromatic heterocycles. The molecule has 0 fully saturated rings. The molecule has 6 heteroatoms. The van der Waals surface area contributed by atoms with Crippen molar-refractivity contribution in [3.05, 3.63) is 0 Å². The fourth-order valence-corrected chi connectivity index (χ4v) is 0.292. The van der Waals surface area contributed by atoms with Crippen molar-refractivity contribution in [2.45, 2.75) is 0 Å². The van der Waals surface area contributed by atoms with Crippen molar-refractivity contribution in [2.75, 3.05) is 12.4 Å². The van der Waals surface area contributed by atoms with Crippen LogP contribution >= 0.6 is 0 Å². The molecule has 0 aromatic rings. The normalized spacial score (nSPS) is 10.2. The average molecular weight is 168 g/mol. The van der Waals surface area contributed by atoms with Gasteiger partial charge in [0.1, 0.15) is 12.4 Å². The first-order chi connectivity index (χ1) is 3.06. The second kappa shape index (κ2) is 5.28. The predicted molar refractivity (Wildman–Crippen MR) is 23.5 cm³/mol. The Morgan fingerprint density at radius 3 is 2.00 bits per heavy atom. The Labute approximate surface area is 91.3 Å². The molecule has 46 valence electrons. The molecule has 3 nitrogen and oxygen atoms in total. The van der Waals surface area contributed by atoms with Crippen LogP contribution in [0.15, 0.2) is 0 Å². The number of hydrogen-bond donors (Lipinski definition) is 1. The van der Waals surface area contributed by atoms with Crippen LogP contribution in [0, 0.1) is 0 Å². The smallest absolute Gasteiger partial charge is 1.00 e. The molecule has 0 spiro atoms. The zero-order chi connectivity index (χ0) is 5.91. The summed E-state index contributed by atoms with van der Waals surface area (Å²) in [6.45, 7) is -1.03. The van der Waals surface area contributed by atoms with Crippen molar-refractivity contribution in [2.24, 2.45) is 0 Å². The van der Waals surface area contributed by atoms with Crippen LogP contribution in [0.1, 0.15) is 1.43 Å². The third kappa shape index (κ3) is 10.5. The summed E-state index contributed by atoms with van der Waals surface area (Å²) in [6, 6.07) is 0. The molecule has 0 amide bonds. The summed E-state index contributed by atoms with van der Waals surface area (Å²) >= 11 is 0. The van der Waals surface area contributed by atoms with Gasteiger partial charge in [-0.15, -0.1) is 0 Å². The van der Waals surface area contributed by atoms with E-state index in [1.165, 1.54) is 0 Å². The van der Waals surface area contributed by atoms with Gasteiger partial charge < -0.3 is 1.43 Å². The number of hydrogen-bond acceptors (Lipinski definition) is 2. The second-order valence-electron chi connectivity index (χ2n) is 0.975. The van der Waals surface area contributed by atoms with Crippen LogP contribution in [-0.4, -0.2) is 25.4 Å². The van der Waals surface area contributed by atoms with E-state index in [2.05, 4.69) is 0 Å². The minimum atomic E-state index is -4.05. The van der Waals surface area contributed by atoms with Gasteiger partial charge in [0.25, 0.3) is 10.1 Å². The molecule has 0 bridgehead atoms. The van der Waals surface area contributed by atoms with Gasteiger partial charge in [-0.2, -0.15) is 8.42 Å². The van der Waals surface area contributed by atoms with Gasteiger partial charge in [0, 0.05) is 0 Å². The fraction of sp³-hybridized carbons (Fsp3) is 1.00. The Morgan fingerprint density at radius 2 is 2.00 bits per heavy atom. The Bertz CT molecular complexity index is 135. The van der Waals surface area contributed by atoms with Gasteiger partial charge in [-0.3, -0.25) is 4.55 Å². The Hall–Kier alpha value is 1.48. The molecule has 0 aromatic carbocycles. The molecule has 0 aliphatic carbocycles. The van der Waals surface area contributed by atoms with E-state index < -0.39 is 22.5 Å². The van der Waals surface area contributed by atoms with E-state index in [0.29, 0.717) is 0 Å². The van der Waals surface area contributed by atoms with Crippen molar-refractivity contribution in [1.82, 2.24) is 0 Å². The van der Waals surface area contributed by atoms with E-state index in [4.69, 9.17) is 4.55 Å². The predicted octanol–water partition coefficient (Wildman–Crippen LogP) is -3.04. The van der Waals surface area contributed by atoms with Crippen LogP contribution in [-0.2, 0) is 10.1 Å². The van der Waals surface area contributed by atoms with Gasteiger partial charge >= 0.3 is 51.4 Å². The van der Waals surface area contributed by atoms with Crippen LogP contribution < -0.4 is 51.4 Å².